The quantitative estimate of drug-likeness (QED) is 0.761. The van der Waals surface area contributed by atoms with Crippen molar-refractivity contribution in [2.75, 3.05) is 26.9 Å². The van der Waals surface area contributed by atoms with Crippen molar-refractivity contribution >= 4 is 5.97 Å². The lowest BCUT2D eigenvalue weighted by atomic mass is 10.0. The Balaban J connectivity index is 2.28. The van der Waals surface area contributed by atoms with Gasteiger partial charge in [0.25, 0.3) is 0 Å². The van der Waals surface area contributed by atoms with E-state index in [2.05, 4.69) is 5.32 Å². The normalized spacial score (nSPS) is 20.4. The second kappa shape index (κ2) is 5.09. The molecule has 1 aromatic carbocycles. The molecule has 16 heavy (non-hydrogen) atoms. The number of ether oxygens (including phenoxy) is 2. The van der Waals surface area contributed by atoms with E-state index in [9.17, 15) is 4.79 Å². The van der Waals surface area contributed by atoms with Crippen molar-refractivity contribution in [1.29, 1.82) is 0 Å². The third kappa shape index (κ3) is 2.23. The van der Waals surface area contributed by atoms with Gasteiger partial charge in [-0.3, -0.25) is 0 Å². The number of esters is 1. The van der Waals surface area contributed by atoms with Crippen LogP contribution in [0.25, 0.3) is 0 Å². The van der Waals surface area contributed by atoms with E-state index in [4.69, 9.17) is 9.47 Å². The zero-order chi connectivity index (χ0) is 11.4. The predicted octanol–water partition coefficient (Wildman–Crippen LogP) is 1.13. The molecule has 1 aromatic rings. The van der Waals surface area contributed by atoms with Crippen molar-refractivity contribution in [3.05, 3.63) is 35.4 Å². The van der Waals surface area contributed by atoms with E-state index in [1.807, 2.05) is 18.2 Å². The topological polar surface area (TPSA) is 47.6 Å². The lowest BCUT2D eigenvalue weighted by molar-refractivity contribution is 0.0587. The number of benzene rings is 1. The fraction of sp³-hybridized carbons (Fsp3) is 0.417. The van der Waals surface area contributed by atoms with Crippen LogP contribution in [0.2, 0.25) is 0 Å². The maximum atomic E-state index is 11.6. The number of methoxy groups -OCH3 is 1. The molecule has 0 spiro atoms. The van der Waals surface area contributed by atoms with Crippen LogP contribution in [0, 0.1) is 0 Å². The second-order valence-corrected chi connectivity index (χ2v) is 3.66. The predicted molar refractivity (Wildman–Crippen MR) is 59.3 cm³/mol. The summed E-state index contributed by atoms with van der Waals surface area (Å²) < 4.78 is 10.2. The molecule has 1 aliphatic heterocycles. The van der Waals surface area contributed by atoms with Gasteiger partial charge in [0.1, 0.15) is 0 Å². The zero-order valence-electron chi connectivity index (χ0n) is 9.23. The molecular weight excluding hydrogens is 206 g/mol. The Bertz CT molecular complexity index is 372. The smallest absolute Gasteiger partial charge is 0.338 e. The van der Waals surface area contributed by atoms with Crippen molar-refractivity contribution in [2.24, 2.45) is 0 Å². The average molecular weight is 221 g/mol. The molecule has 2 rings (SSSR count). The fourth-order valence-electron chi connectivity index (χ4n) is 1.86. The van der Waals surface area contributed by atoms with Crippen molar-refractivity contribution in [2.45, 2.75) is 6.04 Å². The van der Waals surface area contributed by atoms with Gasteiger partial charge in [0.15, 0.2) is 0 Å². The second-order valence-electron chi connectivity index (χ2n) is 3.66. The highest BCUT2D eigenvalue weighted by molar-refractivity contribution is 5.91. The Morgan fingerprint density at radius 1 is 1.50 bits per heavy atom. The maximum Gasteiger partial charge on any atom is 0.338 e. The van der Waals surface area contributed by atoms with E-state index in [0.29, 0.717) is 12.2 Å². The summed E-state index contributed by atoms with van der Waals surface area (Å²) in [5.41, 5.74) is 1.54. The van der Waals surface area contributed by atoms with Gasteiger partial charge >= 0.3 is 5.97 Å². The van der Waals surface area contributed by atoms with Crippen molar-refractivity contribution < 1.29 is 14.3 Å². The molecule has 4 nitrogen and oxygen atoms in total. The minimum atomic E-state index is -0.303. The van der Waals surface area contributed by atoms with Crippen LogP contribution < -0.4 is 5.32 Å². The first-order valence-electron chi connectivity index (χ1n) is 5.31. The molecule has 0 aliphatic carbocycles. The first kappa shape index (κ1) is 11.1. The summed E-state index contributed by atoms with van der Waals surface area (Å²) in [6.07, 6.45) is 0. The van der Waals surface area contributed by atoms with Crippen molar-refractivity contribution in [1.82, 2.24) is 5.32 Å². The highest BCUT2D eigenvalue weighted by Gasteiger charge is 2.21. The standard InChI is InChI=1S/C12H15NO3/c1-15-12(14)10-5-3-2-4-9(10)11-8-16-7-6-13-11/h2-5,11,13H,6-8H2,1H3/t11-/m0/s1. The van der Waals surface area contributed by atoms with Crippen LogP contribution in [0.15, 0.2) is 24.3 Å². The Morgan fingerprint density at radius 2 is 2.31 bits per heavy atom. The fourth-order valence-corrected chi connectivity index (χ4v) is 1.86. The van der Waals surface area contributed by atoms with Crippen molar-refractivity contribution in [3.63, 3.8) is 0 Å². The van der Waals surface area contributed by atoms with Crippen molar-refractivity contribution in [3.8, 4) is 0 Å². The Kier molecular flexibility index (Phi) is 3.54. The summed E-state index contributed by atoms with van der Waals surface area (Å²) in [5, 5.41) is 3.32. The van der Waals surface area contributed by atoms with Crippen LogP contribution in [-0.4, -0.2) is 32.8 Å². The van der Waals surface area contributed by atoms with Gasteiger partial charge < -0.3 is 14.8 Å². The van der Waals surface area contributed by atoms with E-state index in [1.165, 1.54) is 7.11 Å². The molecule has 1 atom stereocenters. The third-order valence-electron chi connectivity index (χ3n) is 2.66. The number of morpholine rings is 1. The van der Waals surface area contributed by atoms with Crippen LogP contribution in [0.5, 0.6) is 0 Å². The maximum absolute atomic E-state index is 11.6. The molecular formula is C12H15NO3. The van der Waals surface area contributed by atoms with Gasteiger partial charge in [-0.15, -0.1) is 0 Å². The highest BCUT2D eigenvalue weighted by Crippen LogP contribution is 2.20. The Labute approximate surface area is 94.6 Å². The Morgan fingerprint density at radius 3 is 3.00 bits per heavy atom. The van der Waals surface area contributed by atoms with E-state index in [1.54, 1.807) is 6.07 Å². The minimum absolute atomic E-state index is 0.0732. The number of carbonyl (C=O) groups is 1. The molecule has 1 aliphatic rings. The molecule has 0 aromatic heterocycles. The molecule has 1 saturated heterocycles. The van der Waals surface area contributed by atoms with Crippen LogP contribution in [0.4, 0.5) is 0 Å². The van der Waals surface area contributed by atoms with E-state index in [0.717, 1.165) is 18.7 Å². The van der Waals surface area contributed by atoms with Gasteiger partial charge in [0, 0.05) is 6.54 Å². The van der Waals surface area contributed by atoms with Gasteiger partial charge in [-0.1, -0.05) is 18.2 Å². The number of hydrogen-bond acceptors (Lipinski definition) is 4. The SMILES string of the molecule is COC(=O)c1ccccc1[C@@H]1COCCN1. The van der Waals surface area contributed by atoms with Gasteiger partial charge in [-0.25, -0.2) is 4.79 Å². The summed E-state index contributed by atoms with van der Waals surface area (Å²) in [4.78, 5) is 11.6. The lowest BCUT2D eigenvalue weighted by Crippen LogP contribution is -2.35. The van der Waals surface area contributed by atoms with E-state index < -0.39 is 0 Å². The number of rotatable bonds is 2. The van der Waals surface area contributed by atoms with E-state index >= 15 is 0 Å². The molecule has 86 valence electrons. The molecule has 0 amide bonds. The summed E-state index contributed by atoms with van der Waals surface area (Å²) in [6.45, 7) is 2.12. The van der Waals surface area contributed by atoms with Crippen LogP contribution in [0.3, 0.4) is 0 Å². The molecule has 0 saturated carbocycles. The average Bonchev–Trinajstić information content (AvgIpc) is 2.39. The summed E-state index contributed by atoms with van der Waals surface area (Å²) in [7, 11) is 1.39. The van der Waals surface area contributed by atoms with Crippen LogP contribution in [-0.2, 0) is 9.47 Å². The zero-order valence-corrected chi connectivity index (χ0v) is 9.23. The molecule has 4 heteroatoms. The summed E-state index contributed by atoms with van der Waals surface area (Å²) >= 11 is 0. The summed E-state index contributed by atoms with van der Waals surface area (Å²) in [6, 6.07) is 7.53. The molecule has 1 N–H and O–H groups in total. The van der Waals surface area contributed by atoms with Crippen LogP contribution in [0.1, 0.15) is 22.0 Å². The molecule has 0 unspecified atom stereocenters. The number of hydrogen-bond donors (Lipinski definition) is 1. The first-order chi connectivity index (χ1) is 7.83. The van der Waals surface area contributed by atoms with Gasteiger partial charge in [0.2, 0.25) is 0 Å². The number of carbonyl (C=O) groups excluding carboxylic acids is 1. The highest BCUT2D eigenvalue weighted by atomic mass is 16.5. The van der Waals surface area contributed by atoms with Gasteiger partial charge in [-0.2, -0.15) is 0 Å². The van der Waals surface area contributed by atoms with E-state index in [-0.39, 0.29) is 12.0 Å². The van der Waals surface area contributed by atoms with Gasteiger partial charge in [0.05, 0.1) is 31.9 Å². The largest absolute Gasteiger partial charge is 0.465 e. The lowest BCUT2D eigenvalue weighted by Gasteiger charge is -2.25. The monoisotopic (exact) mass is 221 g/mol. The summed E-state index contributed by atoms with van der Waals surface area (Å²) in [5.74, 6) is -0.303. The molecule has 1 heterocycles. The van der Waals surface area contributed by atoms with Gasteiger partial charge in [-0.05, 0) is 11.6 Å². The minimum Gasteiger partial charge on any atom is -0.465 e. The third-order valence-corrected chi connectivity index (χ3v) is 2.66. The number of nitrogens with one attached hydrogen (secondary N) is 1. The molecule has 1 fully saturated rings. The van der Waals surface area contributed by atoms with Crippen LogP contribution >= 0.6 is 0 Å². The Hall–Kier alpha value is -1.39. The molecule has 0 radical (unpaired) electrons. The first-order valence-corrected chi connectivity index (χ1v) is 5.31. The molecule has 0 bridgehead atoms.